The molecule has 21 heavy (non-hydrogen) atoms. The Bertz CT molecular complexity index is 644. The van der Waals surface area contributed by atoms with E-state index in [4.69, 9.17) is 10.00 Å². The molecule has 2 unspecified atom stereocenters. The van der Waals surface area contributed by atoms with Crippen molar-refractivity contribution in [2.45, 2.75) is 43.7 Å². The van der Waals surface area contributed by atoms with Crippen LogP contribution in [0.5, 0.6) is 0 Å². The largest absolute Gasteiger partial charge is 0.381 e. The van der Waals surface area contributed by atoms with E-state index in [-0.39, 0.29) is 28.9 Å². The molecule has 0 saturated heterocycles. The minimum Gasteiger partial charge on any atom is -0.381 e. The Balaban J connectivity index is 2.11. The lowest BCUT2D eigenvalue weighted by Gasteiger charge is -2.50. The Morgan fingerprint density at radius 3 is 2.48 bits per heavy atom. The molecule has 5 nitrogen and oxygen atoms in total. The summed E-state index contributed by atoms with van der Waals surface area (Å²) in [5.74, 6) is 0. The standard InChI is InChI=1S/C15H20N2O3S/c1-15(2)13(10-14(15)20-3)17-21(18,19)12-6-4-11(5-7-12)8-9-16/h4-7,13-14,17H,8,10H2,1-3H3. The van der Waals surface area contributed by atoms with E-state index in [0.29, 0.717) is 6.42 Å². The first kappa shape index (κ1) is 16.0. The van der Waals surface area contributed by atoms with Crippen LogP contribution in [0.3, 0.4) is 0 Å². The molecule has 1 aliphatic carbocycles. The zero-order valence-corrected chi connectivity index (χ0v) is 13.3. The van der Waals surface area contributed by atoms with Crippen LogP contribution >= 0.6 is 0 Å². The molecule has 1 N–H and O–H groups in total. The van der Waals surface area contributed by atoms with Crippen molar-refractivity contribution in [2.75, 3.05) is 7.11 Å². The monoisotopic (exact) mass is 308 g/mol. The third-order valence-corrected chi connectivity index (χ3v) is 5.76. The van der Waals surface area contributed by atoms with Gasteiger partial charge in [0.15, 0.2) is 0 Å². The van der Waals surface area contributed by atoms with Crippen molar-refractivity contribution in [1.29, 1.82) is 5.26 Å². The third kappa shape index (κ3) is 3.10. The maximum absolute atomic E-state index is 12.4. The van der Waals surface area contributed by atoms with Crippen molar-refractivity contribution in [3.05, 3.63) is 29.8 Å². The minimum absolute atomic E-state index is 0.0724. The maximum Gasteiger partial charge on any atom is 0.240 e. The highest BCUT2D eigenvalue weighted by molar-refractivity contribution is 7.89. The van der Waals surface area contributed by atoms with Crippen molar-refractivity contribution in [1.82, 2.24) is 4.72 Å². The minimum atomic E-state index is -3.54. The fourth-order valence-corrected chi connectivity index (χ4v) is 4.02. The molecule has 1 aromatic rings. The Hall–Kier alpha value is -1.42. The van der Waals surface area contributed by atoms with E-state index in [2.05, 4.69) is 4.72 Å². The van der Waals surface area contributed by atoms with Crippen molar-refractivity contribution in [3.63, 3.8) is 0 Å². The van der Waals surface area contributed by atoms with E-state index >= 15 is 0 Å². The lowest BCUT2D eigenvalue weighted by atomic mass is 9.65. The smallest absolute Gasteiger partial charge is 0.240 e. The fourth-order valence-electron chi connectivity index (χ4n) is 2.62. The number of ether oxygens (including phenoxy) is 1. The molecular weight excluding hydrogens is 288 g/mol. The van der Waals surface area contributed by atoms with Crippen molar-refractivity contribution < 1.29 is 13.2 Å². The van der Waals surface area contributed by atoms with Crippen LogP contribution in [0.1, 0.15) is 25.8 Å². The van der Waals surface area contributed by atoms with Gasteiger partial charge in [0.2, 0.25) is 10.0 Å². The molecule has 1 aliphatic rings. The molecule has 0 heterocycles. The van der Waals surface area contributed by atoms with Crippen LogP contribution in [-0.4, -0.2) is 27.7 Å². The molecule has 0 aromatic heterocycles. The molecule has 114 valence electrons. The average molecular weight is 308 g/mol. The summed E-state index contributed by atoms with van der Waals surface area (Å²) in [5, 5.41) is 8.62. The molecule has 0 radical (unpaired) electrons. The molecule has 2 rings (SSSR count). The van der Waals surface area contributed by atoms with Gasteiger partial charge in [-0.1, -0.05) is 26.0 Å². The molecule has 2 atom stereocenters. The van der Waals surface area contributed by atoms with Gasteiger partial charge in [0, 0.05) is 18.6 Å². The molecule has 1 saturated carbocycles. The number of rotatable bonds is 5. The van der Waals surface area contributed by atoms with E-state index in [1.165, 1.54) is 12.1 Å². The number of sulfonamides is 1. The lowest BCUT2D eigenvalue weighted by molar-refractivity contribution is -0.0908. The number of benzene rings is 1. The van der Waals surface area contributed by atoms with E-state index in [9.17, 15) is 8.42 Å². The highest BCUT2D eigenvalue weighted by atomic mass is 32.2. The molecule has 6 heteroatoms. The lowest BCUT2D eigenvalue weighted by Crippen LogP contribution is -2.61. The Morgan fingerprint density at radius 2 is 2.00 bits per heavy atom. The Kier molecular flexibility index (Phi) is 4.38. The van der Waals surface area contributed by atoms with Gasteiger partial charge in [0.1, 0.15) is 0 Å². The Labute approximate surface area is 126 Å². The molecular formula is C15H20N2O3S. The molecule has 1 aromatic carbocycles. The number of hydrogen-bond acceptors (Lipinski definition) is 4. The van der Waals surface area contributed by atoms with E-state index in [1.807, 2.05) is 19.9 Å². The van der Waals surface area contributed by atoms with Crippen molar-refractivity contribution in [2.24, 2.45) is 5.41 Å². The highest BCUT2D eigenvalue weighted by Crippen LogP contribution is 2.43. The van der Waals surface area contributed by atoms with Crippen LogP contribution in [0, 0.1) is 16.7 Å². The van der Waals surface area contributed by atoms with Crippen LogP contribution < -0.4 is 4.72 Å². The zero-order chi connectivity index (χ0) is 15.7. The van der Waals surface area contributed by atoms with Crippen LogP contribution in [0.15, 0.2) is 29.2 Å². The van der Waals surface area contributed by atoms with E-state index < -0.39 is 10.0 Å². The second-order valence-corrected chi connectivity index (χ2v) is 7.65. The highest BCUT2D eigenvalue weighted by Gasteiger charge is 2.50. The first-order valence-electron chi connectivity index (χ1n) is 6.82. The van der Waals surface area contributed by atoms with Crippen LogP contribution in [0.25, 0.3) is 0 Å². The number of methoxy groups -OCH3 is 1. The van der Waals surface area contributed by atoms with Crippen molar-refractivity contribution in [3.8, 4) is 6.07 Å². The third-order valence-electron chi connectivity index (χ3n) is 4.28. The summed E-state index contributed by atoms with van der Waals surface area (Å²) in [4.78, 5) is 0.223. The average Bonchev–Trinajstić information content (AvgIpc) is 2.44. The van der Waals surface area contributed by atoms with Gasteiger partial charge in [-0.15, -0.1) is 0 Å². The topological polar surface area (TPSA) is 79.2 Å². The van der Waals surface area contributed by atoms with Gasteiger partial charge in [0.05, 0.1) is 23.5 Å². The zero-order valence-electron chi connectivity index (χ0n) is 12.5. The fraction of sp³-hybridized carbons (Fsp3) is 0.533. The molecule has 0 spiro atoms. The summed E-state index contributed by atoms with van der Waals surface area (Å²) < 4.78 is 32.8. The van der Waals surface area contributed by atoms with Gasteiger partial charge in [0.25, 0.3) is 0 Å². The van der Waals surface area contributed by atoms with Gasteiger partial charge in [-0.2, -0.15) is 5.26 Å². The van der Waals surface area contributed by atoms with Gasteiger partial charge in [-0.3, -0.25) is 0 Å². The summed E-state index contributed by atoms with van der Waals surface area (Å²) in [6.07, 6.45) is 1.02. The van der Waals surface area contributed by atoms with Crippen LogP contribution in [0.2, 0.25) is 0 Å². The second-order valence-electron chi connectivity index (χ2n) is 5.93. The number of nitrogens with one attached hydrogen (secondary N) is 1. The van der Waals surface area contributed by atoms with Gasteiger partial charge >= 0.3 is 0 Å². The molecule has 0 bridgehead atoms. The second kappa shape index (κ2) is 5.76. The van der Waals surface area contributed by atoms with E-state index in [1.54, 1.807) is 19.2 Å². The normalized spacial score (nSPS) is 24.1. The quantitative estimate of drug-likeness (QED) is 0.900. The molecule has 0 aliphatic heterocycles. The SMILES string of the molecule is COC1CC(NS(=O)(=O)c2ccc(CC#N)cc2)C1(C)C. The van der Waals surface area contributed by atoms with Gasteiger partial charge in [-0.25, -0.2) is 13.1 Å². The number of hydrogen-bond donors (Lipinski definition) is 1. The Morgan fingerprint density at radius 1 is 1.38 bits per heavy atom. The van der Waals surface area contributed by atoms with Crippen LogP contribution in [0.4, 0.5) is 0 Å². The number of nitriles is 1. The van der Waals surface area contributed by atoms with E-state index in [0.717, 1.165) is 5.56 Å². The summed E-state index contributed by atoms with van der Waals surface area (Å²) in [7, 11) is -1.90. The van der Waals surface area contributed by atoms with Crippen molar-refractivity contribution >= 4 is 10.0 Å². The summed E-state index contributed by atoms with van der Waals surface area (Å²) in [6.45, 7) is 3.99. The summed E-state index contributed by atoms with van der Waals surface area (Å²) in [6, 6.07) is 8.31. The predicted octanol–water partition coefficient (Wildman–Crippen LogP) is 1.84. The number of nitrogens with zero attached hydrogens (tertiary/aromatic N) is 1. The summed E-state index contributed by atoms with van der Waals surface area (Å²) >= 11 is 0. The first-order chi connectivity index (χ1) is 9.81. The van der Waals surface area contributed by atoms with Gasteiger partial charge in [-0.05, 0) is 24.1 Å². The predicted molar refractivity (Wildman–Crippen MR) is 79.1 cm³/mol. The molecule has 0 amide bonds. The summed E-state index contributed by atoms with van der Waals surface area (Å²) in [5.41, 5.74) is 0.586. The molecule has 1 fully saturated rings. The first-order valence-corrected chi connectivity index (χ1v) is 8.30. The van der Waals surface area contributed by atoms with Gasteiger partial charge < -0.3 is 4.74 Å². The maximum atomic E-state index is 12.4. The van der Waals surface area contributed by atoms with Crippen LogP contribution in [-0.2, 0) is 21.2 Å².